The van der Waals surface area contributed by atoms with Crippen molar-refractivity contribution in [1.29, 1.82) is 5.26 Å². The van der Waals surface area contributed by atoms with Crippen molar-refractivity contribution in [3.63, 3.8) is 0 Å². The first kappa shape index (κ1) is 66.5. The number of pyridine rings is 1. The fraction of sp³-hybridized carbons (Fsp3) is 0.596. The molecule has 3 fully saturated rings. The molecule has 5 N–H and O–H groups in total. The Labute approximate surface area is 486 Å². The average molecular weight is 1190 g/mol. The van der Waals surface area contributed by atoms with Crippen molar-refractivity contribution in [1.82, 2.24) is 40.1 Å². The zero-order valence-electron chi connectivity index (χ0n) is 47.5. The maximum Gasteiger partial charge on any atom is 0.416 e. The number of benzene rings is 2. The summed E-state index contributed by atoms with van der Waals surface area (Å²) in [6, 6.07) is 13.0. The molecule has 3 aliphatic heterocycles. The Bertz CT molecular complexity index is 2630. The molecular formula is C57H78F4N10O13. The molecule has 27 heteroatoms. The lowest BCUT2D eigenvalue weighted by atomic mass is 9.72. The van der Waals surface area contributed by atoms with Crippen LogP contribution in [0.15, 0.2) is 54.7 Å². The summed E-state index contributed by atoms with van der Waals surface area (Å²) < 4.78 is 85.0. The highest BCUT2D eigenvalue weighted by molar-refractivity contribution is 5.89. The van der Waals surface area contributed by atoms with Crippen LogP contribution in [0.2, 0.25) is 0 Å². The SMILES string of the molecule is CCOc1cccc(-c2ncc(C3(C(=O)N[C@@H]4CCN(CCOCCOCCOCCOCCNC(=O)CN5CCN(CC(=O)O)CCN(CC(=O)O)CCN(CC(=O)O)CC5)C4)CCN(c4ccc(C(F)(F)F)cc4C#N)CC3)cc2F)c1. The lowest BCUT2D eigenvalue weighted by Crippen LogP contribution is -2.54. The monoisotopic (exact) mass is 1190 g/mol. The number of carboxylic acid groups (broad SMARTS) is 3. The summed E-state index contributed by atoms with van der Waals surface area (Å²) in [5.74, 6) is -3.77. The van der Waals surface area contributed by atoms with Crippen LogP contribution in [0, 0.1) is 17.1 Å². The molecule has 3 aliphatic rings. The van der Waals surface area contributed by atoms with Crippen LogP contribution < -0.4 is 20.3 Å². The first-order valence-corrected chi connectivity index (χ1v) is 28.3. The number of carbonyl (C=O) groups excluding carboxylic acids is 2. The summed E-state index contributed by atoms with van der Waals surface area (Å²) in [5, 5.41) is 44.1. The molecule has 2 aromatic carbocycles. The molecule has 0 bridgehead atoms. The molecule has 0 radical (unpaired) electrons. The third-order valence-corrected chi connectivity index (χ3v) is 14.9. The number of rotatable bonds is 30. The normalized spacial score (nSPS) is 18.1. The third kappa shape index (κ3) is 21.5. The van der Waals surface area contributed by atoms with Gasteiger partial charge in [-0.25, -0.2) is 4.39 Å². The highest BCUT2D eigenvalue weighted by Crippen LogP contribution is 2.41. The van der Waals surface area contributed by atoms with Gasteiger partial charge in [0, 0.05) is 109 Å². The standard InChI is InChI=1S/C57H78F4N10O13/c1-2-84-47-5-3-4-42(33-47)54-48(58)34-45(36-64-54)56(9-13-71(14-10-56)49-7-6-44(57(59,60)61)32-43(49)35-62)55(79)65-46-8-12-66(37-46)23-25-81-27-29-83-31-30-82-28-26-80-24-11-63-50(72)38-67-15-17-68(39-51(73)74)19-21-70(41-53(77)78)22-20-69(18-16-67)40-52(75)76/h3-7,32-34,36,46H,2,8-31,37-41H2,1H3,(H,63,72)(H,65,79)(H,73,74)(H,75,76)(H,77,78)/t46-/m1/s1. The number of hydrogen-bond donors (Lipinski definition) is 5. The number of aliphatic carboxylic acids is 3. The summed E-state index contributed by atoms with van der Waals surface area (Å²) in [7, 11) is 0. The van der Waals surface area contributed by atoms with E-state index in [1.54, 1.807) is 43.9 Å². The molecule has 1 atom stereocenters. The Kier molecular flexibility index (Phi) is 26.7. The largest absolute Gasteiger partial charge is 0.494 e. The summed E-state index contributed by atoms with van der Waals surface area (Å²) in [4.78, 5) is 77.4. The second-order valence-corrected chi connectivity index (χ2v) is 20.8. The minimum atomic E-state index is -4.63. The van der Waals surface area contributed by atoms with Gasteiger partial charge in [0.25, 0.3) is 0 Å². The van der Waals surface area contributed by atoms with Gasteiger partial charge < -0.3 is 54.5 Å². The van der Waals surface area contributed by atoms with Gasteiger partial charge in [-0.15, -0.1) is 0 Å². The zero-order valence-corrected chi connectivity index (χ0v) is 47.5. The van der Waals surface area contributed by atoms with E-state index in [-0.39, 0.29) is 127 Å². The smallest absolute Gasteiger partial charge is 0.416 e. The van der Waals surface area contributed by atoms with Crippen LogP contribution in [0.1, 0.15) is 42.9 Å². The fourth-order valence-electron chi connectivity index (χ4n) is 10.4. The quantitative estimate of drug-likeness (QED) is 0.0474. The van der Waals surface area contributed by atoms with Gasteiger partial charge in [0.2, 0.25) is 11.8 Å². The highest BCUT2D eigenvalue weighted by Gasteiger charge is 2.45. The Hall–Kier alpha value is -6.61. The predicted octanol–water partition coefficient (Wildman–Crippen LogP) is 2.56. The number of hydrogen-bond acceptors (Lipinski definition) is 18. The van der Waals surface area contributed by atoms with Crippen molar-refractivity contribution in [3.8, 4) is 23.1 Å². The van der Waals surface area contributed by atoms with Crippen LogP contribution in [0.25, 0.3) is 11.3 Å². The van der Waals surface area contributed by atoms with Crippen molar-refractivity contribution in [2.75, 3.05) is 182 Å². The van der Waals surface area contributed by atoms with Crippen LogP contribution in [0.3, 0.4) is 0 Å². The summed E-state index contributed by atoms with van der Waals surface area (Å²) in [6.45, 7) is 8.94. The number of nitriles is 1. The summed E-state index contributed by atoms with van der Waals surface area (Å²) in [5.41, 5.74) is -1.03. The predicted molar refractivity (Wildman–Crippen MR) is 298 cm³/mol. The number of carboxylic acids is 3. The van der Waals surface area contributed by atoms with Gasteiger partial charge in [-0.1, -0.05) is 12.1 Å². The number of carbonyl (C=O) groups is 5. The van der Waals surface area contributed by atoms with E-state index >= 15 is 4.39 Å². The first-order valence-electron chi connectivity index (χ1n) is 28.3. The van der Waals surface area contributed by atoms with Gasteiger partial charge in [0.15, 0.2) is 0 Å². The van der Waals surface area contributed by atoms with Crippen molar-refractivity contribution in [2.45, 2.75) is 43.8 Å². The third-order valence-electron chi connectivity index (χ3n) is 14.9. The van der Waals surface area contributed by atoms with Crippen LogP contribution in [-0.2, 0) is 54.5 Å². The van der Waals surface area contributed by atoms with E-state index in [0.717, 1.165) is 12.1 Å². The van der Waals surface area contributed by atoms with Crippen LogP contribution in [-0.4, -0.2) is 258 Å². The van der Waals surface area contributed by atoms with Crippen molar-refractivity contribution < 1.29 is 80.5 Å². The number of anilines is 1. The van der Waals surface area contributed by atoms with Crippen LogP contribution in [0.5, 0.6) is 5.75 Å². The van der Waals surface area contributed by atoms with Gasteiger partial charge in [-0.3, -0.25) is 53.5 Å². The number of nitrogens with one attached hydrogen (secondary N) is 2. The molecule has 23 nitrogen and oxygen atoms in total. The Balaban J connectivity index is 0.861. The van der Waals surface area contributed by atoms with Crippen LogP contribution >= 0.6 is 0 Å². The van der Waals surface area contributed by atoms with E-state index in [0.29, 0.717) is 121 Å². The number of piperidine rings is 1. The molecule has 1 aromatic heterocycles. The van der Waals surface area contributed by atoms with E-state index in [1.807, 2.05) is 17.9 Å². The topological polar surface area (TPSA) is 272 Å². The van der Waals surface area contributed by atoms with Crippen molar-refractivity contribution in [2.24, 2.45) is 0 Å². The van der Waals surface area contributed by atoms with Gasteiger partial charge >= 0.3 is 24.1 Å². The lowest BCUT2D eigenvalue weighted by Gasteiger charge is -2.42. The minimum Gasteiger partial charge on any atom is -0.494 e. The van der Waals surface area contributed by atoms with E-state index < -0.39 is 40.9 Å². The van der Waals surface area contributed by atoms with E-state index in [9.17, 15) is 57.7 Å². The van der Waals surface area contributed by atoms with Gasteiger partial charge in [0.05, 0.1) is 108 Å². The maximum absolute atomic E-state index is 16.1. The Morgan fingerprint density at radius 1 is 0.702 bits per heavy atom. The van der Waals surface area contributed by atoms with Gasteiger partial charge in [-0.2, -0.15) is 18.4 Å². The highest BCUT2D eigenvalue weighted by atomic mass is 19.4. The summed E-state index contributed by atoms with van der Waals surface area (Å²) >= 11 is 0. The second-order valence-electron chi connectivity index (χ2n) is 20.8. The Morgan fingerprint density at radius 3 is 1.77 bits per heavy atom. The molecule has 0 unspecified atom stereocenters. The van der Waals surface area contributed by atoms with Gasteiger partial charge in [-0.05, 0) is 68.1 Å². The molecule has 6 rings (SSSR count). The molecular weight excluding hydrogens is 1110 g/mol. The second kappa shape index (κ2) is 33.8. The van der Waals surface area contributed by atoms with E-state index in [2.05, 4.69) is 20.5 Å². The molecule has 462 valence electrons. The number of halogens is 4. The number of nitrogens with zero attached hydrogens (tertiary/aromatic N) is 8. The lowest BCUT2D eigenvalue weighted by molar-refractivity contribution is -0.140. The molecule has 84 heavy (non-hydrogen) atoms. The maximum atomic E-state index is 16.1. The molecule has 3 saturated heterocycles. The number of amides is 2. The number of likely N-dealkylation sites (tertiary alicyclic amines) is 1. The Morgan fingerprint density at radius 2 is 1.25 bits per heavy atom. The zero-order chi connectivity index (χ0) is 60.5. The average Bonchev–Trinajstić information content (AvgIpc) is 4.00. The van der Waals surface area contributed by atoms with Crippen molar-refractivity contribution in [3.05, 3.63) is 77.2 Å². The number of aromatic nitrogens is 1. The minimum absolute atomic E-state index is 0.00387. The van der Waals surface area contributed by atoms with Crippen molar-refractivity contribution >= 4 is 35.4 Å². The summed E-state index contributed by atoms with van der Waals surface area (Å²) in [6.07, 6.45) is -2.10. The molecule has 2 amide bonds. The van der Waals surface area contributed by atoms with E-state index in [1.165, 1.54) is 18.3 Å². The van der Waals surface area contributed by atoms with E-state index in [4.69, 9.17) is 23.7 Å². The number of alkyl halides is 3. The fourth-order valence-corrected chi connectivity index (χ4v) is 10.4. The van der Waals surface area contributed by atoms with Crippen LogP contribution in [0.4, 0.5) is 23.2 Å². The number of ether oxygens (including phenoxy) is 5. The first-order chi connectivity index (χ1) is 40.3. The molecule has 0 saturated carbocycles. The molecule has 0 spiro atoms. The molecule has 3 aromatic rings. The molecule has 4 heterocycles. The van der Waals surface area contributed by atoms with Gasteiger partial charge in [0.1, 0.15) is 23.3 Å². The molecule has 0 aliphatic carbocycles.